The van der Waals surface area contributed by atoms with Crippen molar-refractivity contribution in [3.63, 3.8) is 0 Å². The molecule has 0 aliphatic rings. The van der Waals surface area contributed by atoms with Crippen molar-refractivity contribution in [2.75, 3.05) is 5.32 Å². The van der Waals surface area contributed by atoms with Gasteiger partial charge in [0.1, 0.15) is 11.5 Å². The number of carbonyl (C=O) groups is 3. The molecule has 0 fully saturated rings. The summed E-state index contributed by atoms with van der Waals surface area (Å²) in [6.45, 7) is 0. The minimum Gasteiger partial charge on any atom is -0.321 e. The van der Waals surface area contributed by atoms with E-state index >= 15 is 0 Å². The molecule has 0 atom stereocenters. The number of hydrogen-bond acceptors (Lipinski definition) is 5. The maximum atomic E-state index is 13.3. The molecule has 4 rings (SSSR count). The Bertz CT molecular complexity index is 1600. The van der Waals surface area contributed by atoms with E-state index in [0.717, 1.165) is 0 Å². The van der Waals surface area contributed by atoms with Gasteiger partial charge in [0.25, 0.3) is 17.5 Å². The Balaban J connectivity index is 1.46. The molecular weight excluding hydrogens is 513 g/mol. The van der Waals surface area contributed by atoms with E-state index in [1.54, 1.807) is 48.5 Å². The summed E-state index contributed by atoms with van der Waals surface area (Å²) < 4.78 is 13.3. The number of ketones is 1. The summed E-state index contributed by atoms with van der Waals surface area (Å²) in [6.07, 6.45) is 4.32. The Morgan fingerprint density at radius 3 is 2.00 bits per heavy atom. The van der Waals surface area contributed by atoms with Gasteiger partial charge >= 0.3 is 0 Å². The average Bonchev–Trinajstić information content (AvgIpc) is 2.97. The third-order valence-corrected chi connectivity index (χ3v) is 5.67. The predicted octanol–water partition coefficient (Wildman–Crippen LogP) is 6.04. The zero-order valence-corrected chi connectivity index (χ0v) is 20.9. The molecular formula is C31H22FN3O5. The van der Waals surface area contributed by atoms with Gasteiger partial charge in [-0.05, 0) is 83.9 Å². The molecule has 2 N–H and O–H groups in total. The monoisotopic (exact) mass is 535 g/mol. The third kappa shape index (κ3) is 7.42. The lowest BCUT2D eigenvalue weighted by atomic mass is 10.1. The van der Waals surface area contributed by atoms with Crippen LogP contribution in [0.2, 0.25) is 0 Å². The lowest BCUT2D eigenvalue weighted by Gasteiger charge is -2.12. The second-order valence-electron chi connectivity index (χ2n) is 8.51. The highest BCUT2D eigenvalue weighted by Gasteiger charge is 2.15. The number of amides is 2. The van der Waals surface area contributed by atoms with Gasteiger partial charge in [0.2, 0.25) is 0 Å². The van der Waals surface area contributed by atoms with E-state index in [1.807, 2.05) is 0 Å². The van der Waals surface area contributed by atoms with E-state index < -0.39 is 22.6 Å². The summed E-state index contributed by atoms with van der Waals surface area (Å²) in [5, 5.41) is 16.1. The predicted molar refractivity (Wildman–Crippen MR) is 150 cm³/mol. The molecule has 0 saturated carbocycles. The summed E-state index contributed by atoms with van der Waals surface area (Å²) >= 11 is 0. The van der Waals surface area contributed by atoms with Gasteiger partial charge in [-0.1, -0.05) is 36.4 Å². The van der Waals surface area contributed by atoms with Crippen molar-refractivity contribution in [3.8, 4) is 0 Å². The van der Waals surface area contributed by atoms with Gasteiger partial charge in [0, 0.05) is 28.9 Å². The molecule has 0 saturated heterocycles. The minimum absolute atomic E-state index is 0.0450. The van der Waals surface area contributed by atoms with Crippen LogP contribution in [0, 0.1) is 15.9 Å². The number of benzene rings is 4. The number of rotatable bonds is 9. The molecule has 0 radical (unpaired) electrons. The first-order valence-electron chi connectivity index (χ1n) is 12.0. The third-order valence-electron chi connectivity index (χ3n) is 5.67. The van der Waals surface area contributed by atoms with Crippen LogP contribution in [0.1, 0.15) is 31.8 Å². The molecule has 2 amide bonds. The quantitative estimate of drug-likeness (QED) is 0.117. The molecule has 0 aromatic heterocycles. The van der Waals surface area contributed by atoms with Crippen LogP contribution in [0.5, 0.6) is 0 Å². The maximum absolute atomic E-state index is 13.3. The first-order chi connectivity index (χ1) is 19.3. The van der Waals surface area contributed by atoms with Gasteiger partial charge in [-0.2, -0.15) is 0 Å². The molecule has 40 heavy (non-hydrogen) atoms. The molecule has 4 aromatic rings. The van der Waals surface area contributed by atoms with Gasteiger partial charge in [-0.25, -0.2) is 4.39 Å². The minimum atomic E-state index is -0.620. The largest absolute Gasteiger partial charge is 0.321 e. The summed E-state index contributed by atoms with van der Waals surface area (Å²) in [5.74, 6) is -1.85. The fourth-order valence-corrected chi connectivity index (χ4v) is 3.56. The standard InChI is InChI=1S/C31H22FN3O5/c32-25-13-6-22(7-14-25)20-28(34-30(37)24-4-2-1-3-5-24)31(38)33-26-15-11-23(12-16-26)29(36)19-10-21-8-17-27(18-9-21)35(39)40/h1-20H,(H,33,38)(H,34,37)/b19-10+,28-20-. The number of nitrogens with one attached hydrogen (secondary N) is 2. The molecule has 0 bridgehead atoms. The zero-order chi connectivity index (χ0) is 28.5. The maximum Gasteiger partial charge on any atom is 0.272 e. The van der Waals surface area contributed by atoms with Crippen LogP contribution < -0.4 is 10.6 Å². The number of nitro groups is 1. The summed E-state index contributed by atoms with van der Waals surface area (Å²) in [5.41, 5.74) is 2.10. The van der Waals surface area contributed by atoms with Crippen LogP contribution in [0.25, 0.3) is 12.2 Å². The Hall–Kier alpha value is -5.70. The second-order valence-corrected chi connectivity index (χ2v) is 8.51. The lowest BCUT2D eigenvalue weighted by molar-refractivity contribution is -0.384. The molecule has 0 unspecified atom stereocenters. The molecule has 0 spiro atoms. The summed E-state index contributed by atoms with van der Waals surface area (Å²) in [4.78, 5) is 48.6. The molecule has 4 aromatic carbocycles. The van der Waals surface area contributed by atoms with Crippen molar-refractivity contribution < 1.29 is 23.7 Å². The van der Waals surface area contributed by atoms with Crippen molar-refractivity contribution >= 4 is 41.1 Å². The molecule has 0 heterocycles. The van der Waals surface area contributed by atoms with Crippen molar-refractivity contribution in [2.45, 2.75) is 0 Å². The van der Waals surface area contributed by atoms with Crippen molar-refractivity contribution in [2.24, 2.45) is 0 Å². The fraction of sp³-hybridized carbons (Fsp3) is 0. The second kappa shape index (κ2) is 12.7. The van der Waals surface area contributed by atoms with Crippen LogP contribution in [-0.4, -0.2) is 22.5 Å². The molecule has 198 valence electrons. The van der Waals surface area contributed by atoms with E-state index in [9.17, 15) is 28.9 Å². The fourth-order valence-electron chi connectivity index (χ4n) is 3.56. The average molecular weight is 536 g/mol. The highest BCUT2D eigenvalue weighted by Crippen LogP contribution is 2.16. The van der Waals surface area contributed by atoms with E-state index in [2.05, 4.69) is 10.6 Å². The van der Waals surface area contributed by atoms with Gasteiger partial charge in [-0.15, -0.1) is 0 Å². The number of anilines is 1. The van der Waals surface area contributed by atoms with Crippen LogP contribution in [0.3, 0.4) is 0 Å². The number of carbonyl (C=O) groups excluding carboxylic acids is 3. The van der Waals surface area contributed by atoms with Crippen LogP contribution in [-0.2, 0) is 4.79 Å². The normalized spacial score (nSPS) is 11.2. The Morgan fingerprint density at radius 2 is 1.38 bits per heavy atom. The van der Waals surface area contributed by atoms with Gasteiger partial charge in [-0.3, -0.25) is 24.5 Å². The van der Waals surface area contributed by atoms with Gasteiger partial charge in [0.05, 0.1) is 4.92 Å². The van der Waals surface area contributed by atoms with Gasteiger partial charge in [0.15, 0.2) is 5.78 Å². The SMILES string of the molecule is O=C(Nc1ccc(C(=O)/C=C/c2ccc([N+](=O)[O-])cc2)cc1)/C(=C/c1ccc(F)cc1)NC(=O)c1ccccc1. The summed E-state index contributed by atoms with van der Waals surface area (Å²) in [6, 6.07) is 25.7. The van der Waals surface area contributed by atoms with Crippen LogP contribution >= 0.6 is 0 Å². The molecule has 0 aliphatic carbocycles. The molecule has 9 heteroatoms. The van der Waals surface area contributed by atoms with Crippen LogP contribution in [0.15, 0.2) is 115 Å². The Labute approximate surface area is 228 Å². The van der Waals surface area contributed by atoms with E-state index in [-0.39, 0.29) is 17.2 Å². The van der Waals surface area contributed by atoms with E-state index in [4.69, 9.17) is 0 Å². The molecule has 8 nitrogen and oxygen atoms in total. The zero-order valence-electron chi connectivity index (χ0n) is 20.9. The summed E-state index contributed by atoms with van der Waals surface area (Å²) in [7, 11) is 0. The topological polar surface area (TPSA) is 118 Å². The lowest BCUT2D eigenvalue weighted by Crippen LogP contribution is -2.30. The number of nitro benzene ring substituents is 1. The highest BCUT2D eigenvalue weighted by atomic mass is 19.1. The van der Waals surface area contributed by atoms with E-state index in [1.165, 1.54) is 72.8 Å². The number of non-ortho nitro benzene ring substituents is 1. The molecule has 0 aliphatic heterocycles. The number of hydrogen-bond donors (Lipinski definition) is 2. The number of allylic oxidation sites excluding steroid dienone is 1. The van der Waals surface area contributed by atoms with Gasteiger partial charge < -0.3 is 10.6 Å². The number of halogens is 1. The Kier molecular flexibility index (Phi) is 8.68. The highest BCUT2D eigenvalue weighted by molar-refractivity contribution is 6.11. The first-order valence-corrected chi connectivity index (χ1v) is 12.0. The smallest absolute Gasteiger partial charge is 0.272 e. The van der Waals surface area contributed by atoms with Crippen molar-refractivity contribution in [3.05, 3.63) is 153 Å². The number of nitrogens with zero attached hydrogens (tertiary/aromatic N) is 1. The van der Waals surface area contributed by atoms with Crippen molar-refractivity contribution in [1.29, 1.82) is 0 Å². The Morgan fingerprint density at radius 1 is 0.750 bits per heavy atom. The van der Waals surface area contributed by atoms with E-state index in [0.29, 0.717) is 27.9 Å². The first kappa shape index (κ1) is 27.3. The van der Waals surface area contributed by atoms with Crippen molar-refractivity contribution in [1.82, 2.24) is 5.32 Å². The van der Waals surface area contributed by atoms with Crippen LogP contribution in [0.4, 0.5) is 15.8 Å².